The maximum absolute atomic E-state index is 11.6. The van der Waals surface area contributed by atoms with Crippen LogP contribution in [0.1, 0.15) is 28.0 Å². The topological polar surface area (TPSA) is 80.4 Å². The molecule has 0 aliphatic carbocycles. The zero-order valence-corrected chi connectivity index (χ0v) is 10.1. The molecule has 88 valence electrons. The normalized spacial score (nSPS) is 11.5. The second-order valence-electron chi connectivity index (χ2n) is 3.31. The van der Waals surface area contributed by atoms with Crippen molar-refractivity contribution in [3.05, 3.63) is 33.8 Å². The van der Waals surface area contributed by atoms with Crippen molar-refractivity contribution in [2.24, 2.45) is 5.10 Å². The number of hydrogen-bond acceptors (Lipinski definition) is 6. The van der Waals surface area contributed by atoms with Gasteiger partial charge in [0.2, 0.25) is 0 Å². The molecule has 0 bridgehead atoms. The van der Waals surface area contributed by atoms with Crippen LogP contribution in [0, 0.1) is 6.92 Å². The number of aromatic nitrogens is 2. The predicted molar refractivity (Wildman–Crippen MR) is 63.0 cm³/mol. The highest BCUT2D eigenvalue weighted by molar-refractivity contribution is 7.12. The Bertz CT molecular complexity index is 544. The summed E-state index contributed by atoms with van der Waals surface area (Å²) in [5, 5.41) is 12.9. The van der Waals surface area contributed by atoms with Gasteiger partial charge in [0, 0.05) is 4.88 Å². The summed E-state index contributed by atoms with van der Waals surface area (Å²) < 4.78 is 4.44. The lowest BCUT2D eigenvalue weighted by atomic mass is 10.3. The van der Waals surface area contributed by atoms with Crippen molar-refractivity contribution in [2.45, 2.75) is 13.8 Å². The third-order valence-corrected chi connectivity index (χ3v) is 3.05. The van der Waals surface area contributed by atoms with Crippen LogP contribution in [0.15, 0.2) is 27.2 Å². The van der Waals surface area contributed by atoms with Gasteiger partial charge in [-0.2, -0.15) is 5.10 Å². The van der Waals surface area contributed by atoms with Crippen molar-refractivity contribution in [1.29, 1.82) is 0 Å². The quantitative estimate of drug-likeness (QED) is 0.662. The second-order valence-corrected chi connectivity index (χ2v) is 4.26. The lowest BCUT2D eigenvalue weighted by Crippen LogP contribution is -2.20. The first-order chi connectivity index (χ1) is 8.18. The second kappa shape index (κ2) is 4.88. The van der Waals surface area contributed by atoms with E-state index < -0.39 is 5.91 Å². The smallest absolute Gasteiger partial charge is 0.265 e. The molecule has 17 heavy (non-hydrogen) atoms. The summed E-state index contributed by atoms with van der Waals surface area (Å²) in [5.41, 5.74) is 3.73. The van der Waals surface area contributed by atoms with Crippen LogP contribution in [-0.2, 0) is 0 Å². The molecule has 0 aliphatic heterocycles. The van der Waals surface area contributed by atoms with Crippen LogP contribution in [0.5, 0.6) is 0 Å². The zero-order chi connectivity index (χ0) is 12.3. The number of nitrogens with zero attached hydrogens (tertiary/aromatic N) is 3. The number of hydrazone groups is 1. The summed E-state index contributed by atoms with van der Waals surface area (Å²) in [6, 6.07) is 3.85. The standard InChI is InChI=1S/C10H10N4O2S/c1-6(8-4-3-5-17-8)11-12-10(15)9-7(2)13-16-14-9/h3-5H,1-2H3,(H,12,15)/b11-6-. The molecule has 0 aliphatic rings. The molecule has 7 heteroatoms. The number of carbonyl (C=O) groups is 1. The third kappa shape index (κ3) is 2.56. The van der Waals surface area contributed by atoms with Crippen LogP contribution in [0.2, 0.25) is 0 Å². The molecule has 0 unspecified atom stereocenters. The fourth-order valence-electron chi connectivity index (χ4n) is 1.16. The SMILES string of the molecule is C/C(=N/NC(=O)c1nonc1C)c1cccs1. The van der Waals surface area contributed by atoms with Gasteiger partial charge in [0.1, 0.15) is 5.69 Å². The van der Waals surface area contributed by atoms with Gasteiger partial charge in [0.25, 0.3) is 5.91 Å². The van der Waals surface area contributed by atoms with E-state index in [2.05, 4.69) is 25.5 Å². The predicted octanol–water partition coefficient (Wildman–Crippen LogP) is 1.59. The Morgan fingerprint density at radius 1 is 1.53 bits per heavy atom. The van der Waals surface area contributed by atoms with E-state index in [1.807, 2.05) is 24.4 Å². The number of rotatable bonds is 3. The summed E-state index contributed by atoms with van der Waals surface area (Å²) in [7, 11) is 0. The van der Waals surface area contributed by atoms with Crippen LogP contribution >= 0.6 is 11.3 Å². The molecule has 1 N–H and O–H groups in total. The van der Waals surface area contributed by atoms with E-state index in [0.29, 0.717) is 5.69 Å². The third-order valence-electron chi connectivity index (χ3n) is 2.07. The van der Waals surface area contributed by atoms with E-state index in [-0.39, 0.29) is 5.69 Å². The monoisotopic (exact) mass is 250 g/mol. The first kappa shape index (κ1) is 11.5. The Balaban J connectivity index is 2.06. The van der Waals surface area contributed by atoms with E-state index >= 15 is 0 Å². The molecule has 2 aromatic rings. The lowest BCUT2D eigenvalue weighted by molar-refractivity contribution is 0.0944. The summed E-state index contributed by atoms with van der Waals surface area (Å²) in [6.07, 6.45) is 0. The minimum absolute atomic E-state index is 0.146. The Hall–Kier alpha value is -2.02. The first-order valence-electron chi connectivity index (χ1n) is 4.86. The van der Waals surface area contributed by atoms with Crippen molar-refractivity contribution < 1.29 is 9.42 Å². The Morgan fingerprint density at radius 2 is 2.35 bits per heavy atom. The van der Waals surface area contributed by atoms with E-state index in [0.717, 1.165) is 10.6 Å². The van der Waals surface area contributed by atoms with Crippen molar-refractivity contribution in [3.63, 3.8) is 0 Å². The highest BCUT2D eigenvalue weighted by Gasteiger charge is 2.14. The summed E-state index contributed by atoms with van der Waals surface area (Å²) in [4.78, 5) is 12.6. The van der Waals surface area contributed by atoms with Gasteiger partial charge in [-0.3, -0.25) is 4.79 Å². The summed E-state index contributed by atoms with van der Waals surface area (Å²) in [5.74, 6) is -0.431. The number of nitrogens with one attached hydrogen (secondary N) is 1. The largest absolute Gasteiger partial charge is 0.295 e. The van der Waals surface area contributed by atoms with Gasteiger partial charge in [-0.15, -0.1) is 11.3 Å². The molecule has 0 aromatic carbocycles. The molecular weight excluding hydrogens is 240 g/mol. The van der Waals surface area contributed by atoms with Crippen molar-refractivity contribution in [2.75, 3.05) is 0 Å². The number of amides is 1. The first-order valence-corrected chi connectivity index (χ1v) is 5.74. The van der Waals surface area contributed by atoms with Crippen LogP contribution in [-0.4, -0.2) is 21.9 Å². The van der Waals surface area contributed by atoms with Gasteiger partial charge in [-0.05, 0) is 30.5 Å². The zero-order valence-electron chi connectivity index (χ0n) is 9.30. The molecule has 2 heterocycles. The summed E-state index contributed by atoms with van der Waals surface area (Å²) >= 11 is 1.55. The number of carbonyl (C=O) groups excluding carboxylic acids is 1. The number of hydrogen-bond donors (Lipinski definition) is 1. The van der Waals surface area contributed by atoms with Gasteiger partial charge < -0.3 is 0 Å². The minimum Gasteiger partial charge on any atom is -0.265 e. The molecule has 0 fully saturated rings. The minimum atomic E-state index is -0.431. The van der Waals surface area contributed by atoms with Crippen molar-refractivity contribution >= 4 is 23.0 Å². The van der Waals surface area contributed by atoms with Crippen LogP contribution in [0.25, 0.3) is 0 Å². The van der Waals surface area contributed by atoms with E-state index in [4.69, 9.17) is 0 Å². The molecule has 0 atom stereocenters. The molecule has 0 spiro atoms. The maximum Gasteiger partial charge on any atom is 0.295 e. The molecule has 6 nitrogen and oxygen atoms in total. The highest BCUT2D eigenvalue weighted by Crippen LogP contribution is 2.09. The molecular formula is C10H10N4O2S. The lowest BCUT2D eigenvalue weighted by Gasteiger charge is -1.98. The molecule has 2 rings (SSSR count). The van der Waals surface area contributed by atoms with Crippen LogP contribution in [0.4, 0.5) is 0 Å². The van der Waals surface area contributed by atoms with Crippen LogP contribution in [0.3, 0.4) is 0 Å². The molecule has 1 amide bonds. The molecule has 0 radical (unpaired) electrons. The highest BCUT2D eigenvalue weighted by atomic mass is 32.1. The van der Waals surface area contributed by atoms with Gasteiger partial charge in [-0.25, -0.2) is 10.1 Å². The summed E-state index contributed by atoms with van der Waals surface area (Å²) in [6.45, 7) is 3.46. The average molecular weight is 250 g/mol. The number of aryl methyl sites for hydroxylation is 1. The van der Waals surface area contributed by atoms with Gasteiger partial charge in [-0.1, -0.05) is 11.2 Å². The number of thiophene rings is 1. The fourth-order valence-corrected chi connectivity index (χ4v) is 1.84. The van der Waals surface area contributed by atoms with Gasteiger partial charge in [0.15, 0.2) is 5.69 Å². The molecule has 0 saturated heterocycles. The van der Waals surface area contributed by atoms with E-state index in [1.165, 1.54) is 0 Å². The maximum atomic E-state index is 11.6. The van der Waals surface area contributed by atoms with E-state index in [9.17, 15) is 4.79 Å². The molecule has 0 saturated carbocycles. The Morgan fingerprint density at radius 3 is 2.94 bits per heavy atom. The van der Waals surface area contributed by atoms with Crippen molar-refractivity contribution in [3.8, 4) is 0 Å². The van der Waals surface area contributed by atoms with Gasteiger partial charge >= 0.3 is 0 Å². The van der Waals surface area contributed by atoms with Crippen molar-refractivity contribution in [1.82, 2.24) is 15.7 Å². The Labute approximate surface area is 101 Å². The Kier molecular flexibility index (Phi) is 3.29. The average Bonchev–Trinajstić information content (AvgIpc) is 2.95. The van der Waals surface area contributed by atoms with Gasteiger partial charge in [0.05, 0.1) is 5.71 Å². The van der Waals surface area contributed by atoms with E-state index in [1.54, 1.807) is 18.3 Å². The molecule has 2 aromatic heterocycles. The van der Waals surface area contributed by atoms with Crippen LogP contribution < -0.4 is 5.43 Å². The fraction of sp³-hybridized carbons (Fsp3) is 0.200.